The average molecular weight is 219 g/mol. The Labute approximate surface area is 83.9 Å². The van der Waals surface area contributed by atoms with Crippen molar-refractivity contribution in [3.63, 3.8) is 0 Å². The van der Waals surface area contributed by atoms with Crippen molar-refractivity contribution >= 4 is 34.0 Å². The van der Waals surface area contributed by atoms with Crippen LogP contribution in [0.1, 0.15) is 12.5 Å². The van der Waals surface area contributed by atoms with Crippen LogP contribution in [0.15, 0.2) is 24.3 Å². The van der Waals surface area contributed by atoms with E-state index >= 15 is 0 Å². The van der Waals surface area contributed by atoms with Crippen molar-refractivity contribution in [2.24, 2.45) is 0 Å². The number of aryl methyl sites for hydroxylation is 1. The molecule has 0 aliphatic rings. The molecule has 0 aliphatic carbocycles. The van der Waals surface area contributed by atoms with E-state index in [0.29, 0.717) is 0 Å². The molecule has 1 rings (SSSR count). The normalized spacial score (nSPS) is 11.7. The lowest BCUT2D eigenvalue weighted by atomic mass is 10.2. The van der Waals surface area contributed by atoms with Crippen molar-refractivity contribution in [2.75, 3.05) is 0 Å². The summed E-state index contributed by atoms with van der Waals surface area (Å²) in [6.45, 7) is 1.94. The van der Waals surface area contributed by atoms with Gasteiger partial charge in [-0.3, -0.25) is 0 Å². The summed E-state index contributed by atoms with van der Waals surface area (Å²) in [6, 6.07) is 8.95. The van der Waals surface area contributed by atoms with E-state index in [4.69, 9.17) is 22.2 Å². The molecule has 1 aromatic rings. The molecule has 0 bridgehead atoms. The first-order chi connectivity index (χ1) is 5.58. The van der Waals surface area contributed by atoms with Crippen LogP contribution in [0.25, 0.3) is 0 Å². The molecule has 0 radical (unpaired) electrons. The first-order valence-electron chi connectivity index (χ1n) is 4.02. The molecule has 0 N–H and O–H groups in total. The maximum atomic E-state index is 6.26. The first-order valence-corrected chi connectivity index (χ1v) is 8.25. The predicted molar refractivity (Wildman–Crippen MR) is 58.8 cm³/mol. The van der Waals surface area contributed by atoms with Crippen LogP contribution in [0.2, 0.25) is 6.04 Å². The molecule has 12 heavy (non-hydrogen) atoms. The number of halogens is 2. The molecule has 0 fully saturated rings. The van der Waals surface area contributed by atoms with Crippen LogP contribution < -0.4 is 5.19 Å². The van der Waals surface area contributed by atoms with Crippen LogP contribution in [0.4, 0.5) is 0 Å². The molecule has 0 saturated carbocycles. The molecule has 0 amide bonds. The molecule has 0 saturated heterocycles. The maximum Gasteiger partial charge on any atom is 0.280 e. The van der Waals surface area contributed by atoms with Crippen LogP contribution in [0.3, 0.4) is 0 Å². The van der Waals surface area contributed by atoms with E-state index in [0.717, 1.165) is 11.2 Å². The number of rotatable bonds is 2. The van der Waals surface area contributed by atoms with Crippen molar-refractivity contribution in [2.45, 2.75) is 19.9 Å². The van der Waals surface area contributed by atoms with Crippen LogP contribution in [-0.2, 0) is 0 Å². The summed E-state index contributed by atoms with van der Waals surface area (Å²) in [7, 11) is 0. The van der Waals surface area contributed by atoms with Gasteiger partial charge in [0.1, 0.15) is 0 Å². The van der Waals surface area contributed by atoms with E-state index in [1.54, 1.807) is 0 Å². The van der Waals surface area contributed by atoms with Gasteiger partial charge in [-0.1, -0.05) is 31.2 Å². The van der Waals surface area contributed by atoms with E-state index in [1.165, 1.54) is 5.56 Å². The molecule has 0 spiro atoms. The Bertz CT molecular complexity index is 271. The van der Waals surface area contributed by atoms with Crippen LogP contribution in [-0.4, -0.2) is 6.69 Å². The van der Waals surface area contributed by atoms with Crippen LogP contribution >= 0.6 is 22.2 Å². The summed E-state index contributed by atoms with van der Waals surface area (Å²) in [5.74, 6) is 0. The minimum absolute atomic E-state index is 0.862. The molecule has 3 heteroatoms. The third-order valence-electron chi connectivity index (χ3n) is 1.98. The molecule has 0 nitrogen and oxygen atoms in total. The molecule has 1 aromatic carbocycles. The van der Waals surface area contributed by atoms with E-state index in [2.05, 4.69) is 13.0 Å². The summed E-state index contributed by atoms with van der Waals surface area (Å²) in [5, 5.41) is 1.15. The summed E-state index contributed by atoms with van der Waals surface area (Å²) in [5.41, 5.74) is 1.20. The maximum absolute atomic E-state index is 6.26. The SMILES string of the molecule is CC[Si](Cl)(Cl)c1ccccc1C. The predicted octanol–water partition coefficient (Wildman–Crippen LogP) is 3.14. The average Bonchev–Trinajstić information content (AvgIpc) is 2.05. The molecule has 0 unspecified atom stereocenters. The Morgan fingerprint density at radius 1 is 1.25 bits per heavy atom. The van der Waals surface area contributed by atoms with Gasteiger partial charge >= 0.3 is 0 Å². The fourth-order valence-electron chi connectivity index (χ4n) is 1.17. The number of hydrogen-bond donors (Lipinski definition) is 0. The largest absolute Gasteiger partial charge is 0.280 e. The fourth-order valence-corrected chi connectivity index (χ4v) is 3.83. The summed E-state index contributed by atoms with van der Waals surface area (Å²) >= 11 is 12.5. The zero-order valence-corrected chi connectivity index (χ0v) is 9.78. The minimum Gasteiger partial charge on any atom is -0.140 e. The molecular formula is C9H12Cl2Si. The van der Waals surface area contributed by atoms with E-state index in [1.807, 2.05) is 25.1 Å². The Kier molecular flexibility index (Phi) is 3.21. The van der Waals surface area contributed by atoms with E-state index in [-0.39, 0.29) is 0 Å². The van der Waals surface area contributed by atoms with Crippen LogP contribution in [0.5, 0.6) is 0 Å². The molecule has 0 aromatic heterocycles. The van der Waals surface area contributed by atoms with Crippen LogP contribution in [0, 0.1) is 6.92 Å². The zero-order valence-electron chi connectivity index (χ0n) is 7.27. The van der Waals surface area contributed by atoms with Gasteiger partial charge in [0.2, 0.25) is 0 Å². The third kappa shape index (κ3) is 2.03. The van der Waals surface area contributed by atoms with Crippen molar-refractivity contribution < 1.29 is 0 Å². The summed E-state index contributed by atoms with van der Waals surface area (Å²) < 4.78 is 0. The van der Waals surface area contributed by atoms with Gasteiger partial charge in [-0.15, -0.1) is 22.2 Å². The van der Waals surface area contributed by atoms with Gasteiger partial charge < -0.3 is 0 Å². The van der Waals surface area contributed by atoms with E-state index in [9.17, 15) is 0 Å². The molecule has 0 atom stereocenters. The molecular weight excluding hydrogens is 207 g/mol. The number of hydrogen-bond acceptors (Lipinski definition) is 0. The third-order valence-corrected chi connectivity index (χ3v) is 7.05. The summed E-state index contributed by atoms with van der Waals surface area (Å²) in [4.78, 5) is 0. The highest BCUT2D eigenvalue weighted by atomic mass is 35.7. The second kappa shape index (κ2) is 3.82. The van der Waals surface area contributed by atoms with Crippen molar-refractivity contribution in [3.05, 3.63) is 29.8 Å². The first kappa shape index (κ1) is 10.1. The highest BCUT2D eigenvalue weighted by molar-refractivity contribution is 7.51. The Morgan fingerprint density at radius 3 is 2.33 bits per heavy atom. The van der Waals surface area contributed by atoms with Gasteiger partial charge in [-0.05, 0) is 23.7 Å². The Balaban J connectivity index is 3.10. The van der Waals surface area contributed by atoms with Gasteiger partial charge in [0.05, 0.1) is 0 Å². The van der Waals surface area contributed by atoms with Crippen molar-refractivity contribution in [1.29, 1.82) is 0 Å². The molecule has 66 valence electrons. The van der Waals surface area contributed by atoms with Gasteiger partial charge in [-0.25, -0.2) is 0 Å². The monoisotopic (exact) mass is 218 g/mol. The van der Waals surface area contributed by atoms with Crippen molar-refractivity contribution in [1.82, 2.24) is 0 Å². The fraction of sp³-hybridized carbons (Fsp3) is 0.333. The highest BCUT2D eigenvalue weighted by Crippen LogP contribution is 2.20. The lowest BCUT2D eigenvalue weighted by molar-refractivity contribution is 1.42. The number of benzene rings is 1. The lowest BCUT2D eigenvalue weighted by Crippen LogP contribution is -2.37. The lowest BCUT2D eigenvalue weighted by Gasteiger charge is -2.16. The quantitative estimate of drug-likeness (QED) is 0.529. The Hall–Kier alpha value is 0.0169. The second-order valence-electron chi connectivity index (χ2n) is 2.87. The van der Waals surface area contributed by atoms with Gasteiger partial charge in [0, 0.05) is 0 Å². The van der Waals surface area contributed by atoms with E-state index < -0.39 is 6.69 Å². The highest BCUT2D eigenvalue weighted by Gasteiger charge is 2.29. The molecule has 0 aliphatic heterocycles. The summed E-state index contributed by atoms with van der Waals surface area (Å²) in [6.07, 6.45) is 0. The van der Waals surface area contributed by atoms with Crippen molar-refractivity contribution in [3.8, 4) is 0 Å². The standard InChI is InChI=1S/C9H12Cl2Si/c1-3-12(10,11)9-7-5-4-6-8(9)2/h4-7H,3H2,1-2H3. The second-order valence-corrected chi connectivity index (χ2v) is 9.98. The van der Waals surface area contributed by atoms with Gasteiger partial charge in [0.25, 0.3) is 6.69 Å². The molecule has 0 heterocycles. The topological polar surface area (TPSA) is 0 Å². The smallest absolute Gasteiger partial charge is 0.140 e. The zero-order chi connectivity index (χ0) is 9.19. The van der Waals surface area contributed by atoms with Gasteiger partial charge in [0.15, 0.2) is 0 Å². The minimum atomic E-state index is -2.15. The van der Waals surface area contributed by atoms with Gasteiger partial charge in [-0.2, -0.15) is 0 Å². The Morgan fingerprint density at radius 2 is 1.83 bits per heavy atom.